The molecule has 10 aromatic carbocycles. The van der Waals surface area contributed by atoms with Crippen LogP contribution >= 0.6 is 0 Å². The van der Waals surface area contributed by atoms with Gasteiger partial charge in [-0.15, -0.1) is 0 Å². The Morgan fingerprint density at radius 2 is 0.556 bits per heavy atom. The van der Waals surface area contributed by atoms with E-state index >= 15 is 0 Å². The maximum atomic E-state index is 2.46. The predicted octanol–water partition coefficient (Wildman–Crippen LogP) is 16.0. The van der Waals surface area contributed by atoms with E-state index in [1.165, 1.54) is 98.8 Å². The topological polar surface area (TPSA) is 14.8 Å². The Bertz CT molecular complexity index is 3810. The Labute approximate surface area is 364 Å². The second-order valence-electron chi connectivity index (χ2n) is 16.5. The molecular weight excluding hydrogens is 763 g/mol. The lowest BCUT2D eigenvalue weighted by molar-refractivity contribution is 1.18. The number of nitrogens with zero attached hydrogens (tertiary/aromatic N) is 3. The van der Waals surface area contributed by atoms with E-state index in [4.69, 9.17) is 0 Å². The molecule has 0 saturated carbocycles. The average molecular weight is 802 g/mol. The lowest BCUT2D eigenvalue weighted by Gasteiger charge is -2.14. The van der Waals surface area contributed by atoms with Crippen molar-refractivity contribution >= 4 is 65.4 Å². The molecule has 0 amide bonds. The molecule has 0 fully saturated rings. The van der Waals surface area contributed by atoms with Crippen molar-refractivity contribution in [3.8, 4) is 50.4 Å². The predicted molar refractivity (Wildman–Crippen MR) is 266 cm³/mol. The highest BCUT2D eigenvalue weighted by atomic mass is 15.0. The van der Waals surface area contributed by atoms with Gasteiger partial charge in [0.15, 0.2) is 0 Å². The number of para-hydroxylation sites is 6. The quantitative estimate of drug-likeness (QED) is 0.159. The molecule has 294 valence electrons. The monoisotopic (exact) mass is 801 g/mol. The van der Waals surface area contributed by atoms with Gasteiger partial charge in [-0.25, -0.2) is 0 Å². The van der Waals surface area contributed by atoms with Crippen molar-refractivity contribution in [1.29, 1.82) is 0 Å². The van der Waals surface area contributed by atoms with Gasteiger partial charge in [0.05, 0.1) is 33.1 Å². The van der Waals surface area contributed by atoms with E-state index in [-0.39, 0.29) is 0 Å². The summed E-state index contributed by atoms with van der Waals surface area (Å²) in [4.78, 5) is 0. The van der Waals surface area contributed by atoms with Crippen LogP contribution in [-0.4, -0.2) is 13.7 Å². The van der Waals surface area contributed by atoms with Gasteiger partial charge in [0, 0.05) is 54.9 Å². The highest BCUT2D eigenvalue weighted by molar-refractivity contribution is 6.20. The Hall–Kier alpha value is -8.40. The van der Waals surface area contributed by atoms with Crippen LogP contribution in [0.25, 0.3) is 116 Å². The molecule has 0 unspecified atom stereocenters. The van der Waals surface area contributed by atoms with Crippen LogP contribution in [0.3, 0.4) is 0 Å². The van der Waals surface area contributed by atoms with E-state index in [0.717, 1.165) is 17.1 Å². The molecule has 0 aliphatic carbocycles. The molecule has 13 rings (SSSR count). The molecular formula is C60H39N3. The molecule has 0 atom stereocenters. The van der Waals surface area contributed by atoms with Crippen LogP contribution in [0, 0.1) is 0 Å². The zero-order valence-corrected chi connectivity index (χ0v) is 34.4. The number of hydrogen-bond donors (Lipinski definition) is 0. The first-order valence-corrected chi connectivity index (χ1v) is 21.7. The second-order valence-corrected chi connectivity index (χ2v) is 16.5. The fourth-order valence-corrected chi connectivity index (χ4v) is 10.3. The van der Waals surface area contributed by atoms with Gasteiger partial charge in [-0.3, -0.25) is 0 Å². The minimum absolute atomic E-state index is 1.14. The summed E-state index contributed by atoms with van der Waals surface area (Å²) >= 11 is 0. The third-order valence-electron chi connectivity index (χ3n) is 13.1. The van der Waals surface area contributed by atoms with Gasteiger partial charge in [-0.05, 0) is 94.5 Å². The minimum Gasteiger partial charge on any atom is -0.309 e. The Morgan fingerprint density at radius 3 is 1.13 bits per heavy atom. The molecule has 3 heteroatoms. The lowest BCUT2D eigenvalue weighted by Crippen LogP contribution is -1.96. The van der Waals surface area contributed by atoms with Crippen LogP contribution in [-0.2, 0) is 0 Å². The molecule has 0 aliphatic heterocycles. The van der Waals surface area contributed by atoms with Crippen molar-refractivity contribution in [3.05, 3.63) is 237 Å². The first kappa shape index (κ1) is 35.4. The van der Waals surface area contributed by atoms with Gasteiger partial charge in [-0.1, -0.05) is 170 Å². The summed E-state index contributed by atoms with van der Waals surface area (Å²) in [5.74, 6) is 0. The van der Waals surface area contributed by atoms with Gasteiger partial charge < -0.3 is 13.7 Å². The van der Waals surface area contributed by atoms with Crippen LogP contribution in [0.4, 0.5) is 0 Å². The van der Waals surface area contributed by atoms with Crippen LogP contribution in [0.5, 0.6) is 0 Å². The third-order valence-corrected chi connectivity index (χ3v) is 13.1. The summed E-state index contributed by atoms with van der Waals surface area (Å²) in [6.45, 7) is 0. The first-order chi connectivity index (χ1) is 31.3. The number of fused-ring (bicyclic) bond motifs is 9. The molecule has 63 heavy (non-hydrogen) atoms. The zero-order chi connectivity index (χ0) is 41.4. The maximum absolute atomic E-state index is 2.46. The fourth-order valence-electron chi connectivity index (χ4n) is 10.3. The summed E-state index contributed by atoms with van der Waals surface area (Å²) in [6.07, 6.45) is 0. The van der Waals surface area contributed by atoms with Gasteiger partial charge in [0.2, 0.25) is 0 Å². The van der Waals surface area contributed by atoms with E-state index in [1.807, 2.05) is 0 Å². The van der Waals surface area contributed by atoms with Crippen molar-refractivity contribution in [1.82, 2.24) is 13.7 Å². The SMILES string of the molecule is c1ccc(-n2c3ccccc3c3c(-c4cccc5c6ccccc6n(-c6ccc(-c7ccc(-c8ccc(-n9c%10ccccc%10c%10ccccc%109)cc8)cc7)cc6)c45)cccc32)cc1. The van der Waals surface area contributed by atoms with Crippen molar-refractivity contribution < 1.29 is 0 Å². The Morgan fingerprint density at radius 1 is 0.206 bits per heavy atom. The van der Waals surface area contributed by atoms with Crippen molar-refractivity contribution in [3.63, 3.8) is 0 Å². The van der Waals surface area contributed by atoms with Gasteiger partial charge in [0.1, 0.15) is 0 Å². The van der Waals surface area contributed by atoms with Gasteiger partial charge >= 0.3 is 0 Å². The zero-order valence-electron chi connectivity index (χ0n) is 34.4. The Kier molecular flexibility index (Phi) is 7.91. The van der Waals surface area contributed by atoms with E-state index in [1.54, 1.807) is 0 Å². The number of hydrogen-bond acceptors (Lipinski definition) is 0. The lowest BCUT2D eigenvalue weighted by atomic mass is 9.97. The highest BCUT2D eigenvalue weighted by Crippen LogP contribution is 2.44. The summed E-state index contributed by atoms with van der Waals surface area (Å²) in [6, 6.07) is 86.3. The number of rotatable bonds is 6. The van der Waals surface area contributed by atoms with E-state index in [9.17, 15) is 0 Å². The molecule has 0 saturated heterocycles. The molecule has 13 aromatic rings. The van der Waals surface area contributed by atoms with Crippen LogP contribution in [0.15, 0.2) is 237 Å². The summed E-state index contributed by atoms with van der Waals surface area (Å²) in [5.41, 5.74) is 17.9. The summed E-state index contributed by atoms with van der Waals surface area (Å²) < 4.78 is 7.23. The molecule has 0 bridgehead atoms. The van der Waals surface area contributed by atoms with E-state index in [0.29, 0.717) is 0 Å². The smallest absolute Gasteiger partial charge is 0.0619 e. The highest BCUT2D eigenvalue weighted by Gasteiger charge is 2.21. The minimum atomic E-state index is 1.14. The molecule has 0 aliphatic rings. The van der Waals surface area contributed by atoms with Crippen LogP contribution in [0.1, 0.15) is 0 Å². The van der Waals surface area contributed by atoms with Crippen molar-refractivity contribution in [2.24, 2.45) is 0 Å². The molecule has 3 nitrogen and oxygen atoms in total. The average Bonchev–Trinajstić information content (AvgIpc) is 4.01. The van der Waals surface area contributed by atoms with E-state index in [2.05, 4.69) is 250 Å². The fraction of sp³-hybridized carbons (Fsp3) is 0. The van der Waals surface area contributed by atoms with Crippen LogP contribution in [0.2, 0.25) is 0 Å². The normalized spacial score (nSPS) is 11.8. The third kappa shape index (κ3) is 5.46. The second kappa shape index (κ2) is 14.1. The number of benzene rings is 10. The largest absolute Gasteiger partial charge is 0.309 e. The summed E-state index contributed by atoms with van der Waals surface area (Å²) in [5, 5.41) is 7.56. The molecule has 0 N–H and O–H groups in total. The standard InChI is InChI=1S/C60H39N3/c1-2-14-44(15-3-1)62-57-26-11-7-19-53(57)59-50(20-13-27-58(59)62)52-22-12-21-51-49-18-6-10-25-56(49)63(60(51)52)46-38-34-43(35-39-46)41-30-28-40(29-31-41)42-32-36-45(37-33-42)61-54-23-8-4-16-47(54)48-17-5-9-24-55(48)61/h1-39H. The molecule has 3 aromatic heterocycles. The van der Waals surface area contributed by atoms with Crippen LogP contribution < -0.4 is 0 Å². The van der Waals surface area contributed by atoms with Crippen molar-refractivity contribution in [2.75, 3.05) is 0 Å². The number of aromatic nitrogens is 3. The van der Waals surface area contributed by atoms with Gasteiger partial charge in [0.25, 0.3) is 0 Å². The molecule has 0 radical (unpaired) electrons. The summed E-state index contributed by atoms with van der Waals surface area (Å²) in [7, 11) is 0. The maximum Gasteiger partial charge on any atom is 0.0619 e. The first-order valence-electron chi connectivity index (χ1n) is 21.7. The molecule has 3 heterocycles. The molecule has 0 spiro atoms. The Balaban J connectivity index is 0.877. The van der Waals surface area contributed by atoms with E-state index < -0.39 is 0 Å². The van der Waals surface area contributed by atoms with Crippen molar-refractivity contribution in [2.45, 2.75) is 0 Å². The van der Waals surface area contributed by atoms with Gasteiger partial charge in [-0.2, -0.15) is 0 Å².